The second kappa shape index (κ2) is 7.42. The number of nitrogens with zero attached hydrogens (tertiary/aromatic N) is 3. The highest BCUT2D eigenvalue weighted by atomic mass is 16.2. The smallest absolute Gasteiger partial charge is 0.246 e. The molecule has 4 rings (SSSR count). The molecule has 144 valence electrons. The molecule has 7 heteroatoms. The van der Waals surface area contributed by atoms with Crippen LogP contribution in [0.5, 0.6) is 0 Å². The Morgan fingerprint density at radius 3 is 2.64 bits per heavy atom. The van der Waals surface area contributed by atoms with Crippen LogP contribution in [0.2, 0.25) is 0 Å². The summed E-state index contributed by atoms with van der Waals surface area (Å²) < 4.78 is 0. The number of nitrogens with one attached hydrogen (secondary N) is 1. The molecule has 28 heavy (non-hydrogen) atoms. The van der Waals surface area contributed by atoms with Gasteiger partial charge in [0, 0.05) is 17.8 Å². The van der Waals surface area contributed by atoms with Crippen molar-refractivity contribution >= 4 is 28.8 Å². The van der Waals surface area contributed by atoms with Crippen molar-refractivity contribution in [1.29, 1.82) is 0 Å². The first-order valence-corrected chi connectivity index (χ1v) is 9.58. The molecule has 2 heterocycles. The lowest BCUT2D eigenvalue weighted by atomic mass is 10.0. The molecule has 1 aromatic heterocycles. The average Bonchev–Trinajstić information content (AvgIpc) is 3.24. The second-order valence-corrected chi connectivity index (χ2v) is 7.22. The van der Waals surface area contributed by atoms with Gasteiger partial charge in [-0.3, -0.25) is 9.59 Å². The lowest BCUT2D eigenvalue weighted by Gasteiger charge is -2.39. The first-order chi connectivity index (χ1) is 13.6. The number of benzene rings is 1. The van der Waals surface area contributed by atoms with Crippen LogP contribution in [-0.2, 0) is 4.79 Å². The van der Waals surface area contributed by atoms with E-state index in [1.807, 2.05) is 13.0 Å². The Kier molecular flexibility index (Phi) is 4.81. The van der Waals surface area contributed by atoms with Crippen molar-refractivity contribution in [3.8, 4) is 0 Å². The molecular weight excluding hydrogens is 354 g/mol. The topological polar surface area (TPSA) is 101 Å². The van der Waals surface area contributed by atoms with E-state index in [0.29, 0.717) is 17.1 Å². The summed E-state index contributed by atoms with van der Waals surface area (Å²) in [5, 5.41) is 2.87. The molecule has 1 amide bonds. The lowest BCUT2D eigenvalue weighted by molar-refractivity contribution is -0.117. The highest BCUT2D eigenvalue weighted by molar-refractivity contribution is 6.28. The fourth-order valence-corrected chi connectivity index (χ4v) is 4.00. The van der Waals surface area contributed by atoms with Crippen LogP contribution in [0.3, 0.4) is 0 Å². The van der Waals surface area contributed by atoms with Crippen LogP contribution >= 0.6 is 0 Å². The minimum absolute atomic E-state index is 0.0642. The molecule has 7 nitrogen and oxygen atoms in total. The molecule has 0 spiro atoms. The monoisotopic (exact) mass is 377 g/mol. The van der Waals surface area contributed by atoms with E-state index in [9.17, 15) is 9.59 Å². The zero-order valence-corrected chi connectivity index (χ0v) is 15.8. The summed E-state index contributed by atoms with van der Waals surface area (Å²) in [5.74, 6) is 0.625. The van der Waals surface area contributed by atoms with Gasteiger partial charge in [0.1, 0.15) is 11.7 Å². The van der Waals surface area contributed by atoms with Gasteiger partial charge in [-0.15, -0.1) is 0 Å². The number of carbonyl (C=O) groups is 2. The molecule has 0 bridgehead atoms. The number of hydrogen-bond donors (Lipinski definition) is 2. The maximum Gasteiger partial charge on any atom is 0.246 e. The number of allylic oxidation sites excluding steroid dienone is 1. The van der Waals surface area contributed by atoms with Crippen molar-refractivity contribution in [3.63, 3.8) is 0 Å². The van der Waals surface area contributed by atoms with Gasteiger partial charge in [0.2, 0.25) is 5.91 Å². The van der Waals surface area contributed by atoms with Gasteiger partial charge in [0.25, 0.3) is 0 Å². The van der Waals surface area contributed by atoms with Crippen molar-refractivity contribution in [2.24, 2.45) is 5.73 Å². The second-order valence-electron chi connectivity index (χ2n) is 7.22. The van der Waals surface area contributed by atoms with E-state index >= 15 is 0 Å². The van der Waals surface area contributed by atoms with Crippen LogP contribution in [-0.4, -0.2) is 33.7 Å². The average molecular weight is 377 g/mol. The van der Waals surface area contributed by atoms with Crippen LogP contribution in [0.1, 0.15) is 48.8 Å². The highest BCUT2D eigenvalue weighted by Gasteiger charge is 2.37. The first kappa shape index (κ1) is 18.2. The van der Waals surface area contributed by atoms with E-state index in [0.717, 1.165) is 25.7 Å². The summed E-state index contributed by atoms with van der Waals surface area (Å²) in [7, 11) is 0. The predicted molar refractivity (Wildman–Crippen MR) is 108 cm³/mol. The molecule has 0 unspecified atom stereocenters. The molecule has 3 N–H and O–H groups in total. The van der Waals surface area contributed by atoms with Gasteiger partial charge in [-0.05, 0) is 19.8 Å². The molecule has 1 saturated carbocycles. The molecule has 2 aromatic rings. The summed E-state index contributed by atoms with van der Waals surface area (Å²) in [6, 6.07) is 8.85. The summed E-state index contributed by atoms with van der Waals surface area (Å²) >= 11 is 0. The summed E-state index contributed by atoms with van der Waals surface area (Å²) in [6.45, 7) is 1.88. The van der Waals surface area contributed by atoms with Gasteiger partial charge < -0.3 is 16.0 Å². The zero-order valence-electron chi connectivity index (χ0n) is 15.8. The molecule has 0 saturated heterocycles. The number of anilines is 2. The molecule has 1 aliphatic heterocycles. The molecule has 0 radical (unpaired) electrons. The standard InChI is InChI=1S/C21H23N5O2/c1-13-21(28)24-17-12-23-19(25-20(17)26(13)15-9-5-6-10-15)16(11-22)18(27)14-7-3-2-4-8-14/h2-4,7-8,11-13,15H,5-6,9-10,22H2,1H3,(H,24,28)/b16-11+/t13-/m1/s1. The number of Topliss-reactive ketones (excluding diaryl/α,β-unsaturated/α-hetero) is 1. The van der Waals surface area contributed by atoms with Crippen molar-refractivity contribution in [1.82, 2.24) is 9.97 Å². The van der Waals surface area contributed by atoms with Crippen LogP contribution in [0.4, 0.5) is 11.5 Å². The fraction of sp³-hybridized carbons (Fsp3) is 0.333. The van der Waals surface area contributed by atoms with Crippen molar-refractivity contribution in [2.75, 3.05) is 10.2 Å². The van der Waals surface area contributed by atoms with Crippen molar-refractivity contribution in [3.05, 3.63) is 54.1 Å². The maximum atomic E-state index is 12.9. The number of carbonyl (C=O) groups excluding carboxylic acids is 2. The Hall–Kier alpha value is -3.22. The van der Waals surface area contributed by atoms with Crippen molar-refractivity contribution < 1.29 is 9.59 Å². The Morgan fingerprint density at radius 2 is 1.96 bits per heavy atom. The summed E-state index contributed by atoms with van der Waals surface area (Å²) in [4.78, 5) is 36.3. The fourth-order valence-electron chi connectivity index (χ4n) is 4.00. The van der Waals surface area contributed by atoms with Crippen molar-refractivity contribution in [2.45, 2.75) is 44.7 Å². The Bertz CT molecular complexity index is 935. The van der Waals surface area contributed by atoms with Gasteiger partial charge in [-0.1, -0.05) is 43.2 Å². The van der Waals surface area contributed by atoms with E-state index in [-0.39, 0.29) is 35.2 Å². The lowest BCUT2D eigenvalue weighted by Crippen LogP contribution is -2.51. The number of fused-ring (bicyclic) bond motifs is 1. The Balaban J connectivity index is 1.74. The molecule has 1 fully saturated rings. The van der Waals surface area contributed by atoms with E-state index in [1.165, 1.54) is 6.20 Å². The number of amides is 1. The number of rotatable bonds is 4. The molecule has 1 atom stereocenters. The third kappa shape index (κ3) is 3.13. The first-order valence-electron chi connectivity index (χ1n) is 9.58. The zero-order chi connectivity index (χ0) is 19.7. The van der Waals surface area contributed by atoms with Gasteiger partial charge >= 0.3 is 0 Å². The molecule has 1 aliphatic carbocycles. The number of hydrogen-bond acceptors (Lipinski definition) is 6. The van der Waals surface area contributed by atoms with Crippen LogP contribution < -0.4 is 16.0 Å². The van der Waals surface area contributed by atoms with E-state index in [1.54, 1.807) is 30.5 Å². The van der Waals surface area contributed by atoms with Crippen LogP contribution in [0, 0.1) is 0 Å². The molecule has 1 aromatic carbocycles. The number of ketones is 1. The van der Waals surface area contributed by atoms with Gasteiger partial charge in [0.05, 0.1) is 11.8 Å². The summed E-state index contributed by atoms with van der Waals surface area (Å²) in [6.07, 6.45) is 7.15. The van der Waals surface area contributed by atoms with Gasteiger partial charge in [-0.25, -0.2) is 9.97 Å². The quantitative estimate of drug-likeness (QED) is 0.628. The largest absolute Gasteiger partial charge is 0.404 e. The van der Waals surface area contributed by atoms with E-state index < -0.39 is 0 Å². The maximum absolute atomic E-state index is 12.9. The third-order valence-electron chi connectivity index (χ3n) is 5.47. The predicted octanol–water partition coefficient (Wildman–Crippen LogP) is 2.75. The molecular formula is C21H23N5O2. The van der Waals surface area contributed by atoms with Gasteiger partial charge in [-0.2, -0.15) is 0 Å². The number of aromatic nitrogens is 2. The number of nitrogens with two attached hydrogens (primary N) is 1. The minimum atomic E-state index is -0.325. The molecule has 2 aliphatic rings. The van der Waals surface area contributed by atoms with E-state index in [2.05, 4.69) is 20.2 Å². The Morgan fingerprint density at radius 1 is 1.25 bits per heavy atom. The summed E-state index contributed by atoms with van der Waals surface area (Å²) in [5.41, 5.74) is 7.11. The minimum Gasteiger partial charge on any atom is -0.404 e. The SMILES string of the molecule is C[C@@H]1C(=O)Nc2cnc(/C(=C/N)C(=O)c3ccccc3)nc2N1C1CCCC1. The third-order valence-corrected chi connectivity index (χ3v) is 5.47. The van der Waals surface area contributed by atoms with Gasteiger partial charge in [0.15, 0.2) is 17.4 Å². The van der Waals surface area contributed by atoms with Crippen LogP contribution in [0.15, 0.2) is 42.7 Å². The van der Waals surface area contributed by atoms with Crippen LogP contribution in [0.25, 0.3) is 5.57 Å². The van der Waals surface area contributed by atoms with E-state index in [4.69, 9.17) is 5.73 Å². The Labute approximate surface area is 163 Å². The highest BCUT2D eigenvalue weighted by Crippen LogP contribution is 2.36. The normalized spacial score (nSPS) is 20.0.